The molecule has 0 radical (unpaired) electrons. The predicted molar refractivity (Wildman–Crippen MR) is 87.5 cm³/mol. The molecule has 3 rings (SSSR count). The lowest BCUT2D eigenvalue weighted by atomic mass is 10.0. The number of carbonyl (C=O) groups is 1. The number of nitrogens with zero attached hydrogens (tertiary/aromatic N) is 2. The molecule has 5 heteroatoms. The molecule has 0 saturated carbocycles. The second-order valence-corrected chi connectivity index (χ2v) is 6.39. The topological polar surface area (TPSA) is 55.8 Å². The average Bonchev–Trinajstić information content (AvgIpc) is 2.88. The van der Waals surface area contributed by atoms with Crippen LogP contribution in [-0.2, 0) is 6.42 Å². The molecule has 0 amide bonds. The number of anilines is 1. The Morgan fingerprint density at radius 3 is 2.73 bits per heavy atom. The van der Waals surface area contributed by atoms with E-state index in [4.69, 9.17) is 5.11 Å². The molecule has 1 unspecified atom stereocenters. The summed E-state index contributed by atoms with van der Waals surface area (Å²) in [4.78, 5) is 16.9. The van der Waals surface area contributed by atoms with Crippen LogP contribution in [0.15, 0.2) is 18.2 Å². The van der Waals surface area contributed by atoms with E-state index in [0.29, 0.717) is 12.6 Å². The number of fused-ring (bicyclic) bond motifs is 1. The van der Waals surface area contributed by atoms with Crippen LogP contribution < -0.4 is 5.32 Å². The van der Waals surface area contributed by atoms with E-state index in [1.165, 1.54) is 11.3 Å². The quantitative estimate of drug-likeness (QED) is 0.789. The third-order valence-electron chi connectivity index (χ3n) is 4.60. The number of rotatable bonds is 5. The van der Waals surface area contributed by atoms with Crippen molar-refractivity contribution in [1.82, 2.24) is 9.80 Å². The Bertz CT molecular complexity index is 539. The number of hydrogen-bond donors (Lipinski definition) is 2. The van der Waals surface area contributed by atoms with Crippen molar-refractivity contribution in [3.8, 4) is 0 Å². The van der Waals surface area contributed by atoms with Gasteiger partial charge < -0.3 is 10.4 Å². The minimum Gasteiger partial charge on any atom is -0.395 e. The van der Waals surface area contributed by atoms with Gasteiger partial charge in [0.1, 0.15) is 0 Å². The van der Waals surface area contributed by atoms with Crippen molar-refractivity contribution in [1.29, 1.82) is 0 Å². The first-order valence-electron chi connectivity index (χ1n) is 8.14. The molecule has 0 bridgehead atoms. The van der Waals surface area contributed by atoms with Crippen LogP contribution in [0.1, 0.15) is 22.8 Å². The van der Waals surface area contributed by atoms with Gasteiger partial charge in [-0.15, -0.1) is 0 Å². The molecule has 0 aromatic heterocycles. The molecule has 0 aliphatic carbocycles. The van der Waals surface area contributed by atoms with E-state index in [9.17, 15) is 4.79 Å². The van der Waals surface area contributed by atoms with Crippen LogP contribution in [-0.4, -0.2) is 72.6 Å². The van der Waals surface area contributed by atoms with Gasteiger partial charge in [-0.25, -0.2) is 0 Å². The highest BCUT2D eigenvalue weighted by Crippen LogP contribution is 2.26. The molecule has 2 aliphatic heterocycles. The first-order chi connectivity index (χ1) is 10.7. The molecule has 22 heavy (non-hydrogen) atoms. The Hall–Kier alpha value is -1.43. The van der Waals surface area contributed by atoms with E-state index in [1.54, 1.807) is 0 Å². The fourth-order valence-electron chi connectivity index (χ4n) is 3.33. The number of nitrogens with one attached hydrogen (secondary N) is 1. The molecule has 1 atom stereocenters. The van der Waals surface area contributed by atoms with Crippen LogP contribution in [0.2, 0.25) is 0 Å². The third kappa shape index (κ3) is 3.48. The Kier molecular flexibility index (Phi) is 4.76. The van der Waals surface area contributed by atoms with Gasteiger partial charge in [0.25, 0.3) is 0 Å². The van der Waals surface area contributed by atoms with Crippen LogP contribution in [0.5, 0.6) is 0 Å². The molecule has 2 heterocycles. The zero-order valence-corrected chi connectivity index (χ0v) is 13.2. The Balaban J connectivity index is 1.56. The molecule has 2 N–H and O–H groups in total. The van der Waals surface area contributed by atoms with Gasteiger partial charge in [0.2, 0.25) is 0 Å². The number of benzene rings is 1. The molecule has 120 valence electrons. The van der Waals surface area contributed by atoms with Crippen LogP contribution in [0.4, 0.5) is 5.69 Å². The first kappa shape index (κ1) is 15.5. The van der Waals surface area contributed by atoms with E-state index < -0.39 is 0 Å². The van der Waals surface area contributed by atoms with Crippen molar-refractivity contribution >= 4 is 11.5 Å². The number of Topliss-reactive ketones (excluding diaryl/α,β-unsaturated/α-hetero) is 1. The highest BCUT2D eigenvalue weighted by atomic mass is 16.3. The Morgan fingerprint density at radius 2 is 2.00 bits per heavy atom. The zero-order valence-electron chi connectivity index (χ0n) is 13.2. The molecular weight excluding hydrogens is 278 g/mol. The molecule has 5 nitrogen and oxygen atoms in total. The van der Waals surface area contributed by atoms with Crippen molar-refractivity contribution in [2.45, 2.75) is 19.4 Å². The molecule has 1 aromatic rings. The Morgan fingerprint density at radius 1 is 1.27 bits per heavy atom. The van der Waals surface area contributed by atoms with E-state index in [-0.39, 0.29) is 12.4 Å². The van der Waals surface area contributed by atoms with E-state index >= 15 is 0 Å². The summed E-state index contributed by atoms with van der Waals surface area (Å²) in [6.07, 6.45) is 0.996. The number of piperazine rings is 1. The van der Waals surface area contributed by atoms with Gasteiger partial charge >= 0.3 is 0 Å². The van der Waals surface area contributed by atoms with Crippen molar-refractivity contribution in [2.24, 2.45) is 0 Å². The van der Waals surface area contributed by atoms with E-state index in [0.717, 1.165) is 44.7 Å². The number of aliphatic hydroxyl groups is 1. The molecule has 1 fully saturated rings. The maximum Gasteiger partial charge on any atom is 0.176 e. The summed E-state index contributed by atoms with van der Waals surface area (Å²) in [5.74, 6) is 0.206. The van der Waals surface area contributed by atoms with Gasteiger partial charge in [0, 0.05) is 50.0 Å². The lowest BCUT2D eigenvalue weighted by molar-refractivity contribution is 0.0822. The largest absolute Gasteiger partial charge is 0.395 e. The summed E-state index contributed by atoms with van der Waals surface area (Å²) in [7, 11) is 0. The van der Waals surface area contributed by atoms with E-state index in [2.05, 4.69) is 28.1 Å². The van der Waals surface area contributed by atoms with Crippen LogP contribution in [0.25, 0.3) is 0 Å². The van der Waals surface area contributed by atoms with Crippen molar-refractivity contribution in [3.05, 3.63) is 29.3 Å². The number of ketones is 1. The number of β-amino-alcohol motifs (C(OH)–C–C–N with tert-alkyl or cyclic N) is 1. The molecule has 1 saturated heterocycles. The summed E-state index contributed by atoms with van der Waals surface area (Å²) in [5.41, 5.74) is 3.25. The summed E-state index contributed by atoms with van der Waals surface area (Å²) in [6, 6.07) is 6.48. The number of hydrogen-bond acceptors (Lipinski definition) is 5. The SMILES string of the molecule is CC1Cc2cc(C(=O)CN3CCN(CCO)CC3)ccc2N1. The van der Waals surface area contributed by atoms with Crippen LogP contribution >= 0.6 is 0 Å². The van der Waals surface area contributed by atoms with E-state index in [1.807, 2.05) is 12.1 Å². The van der Waals surface area contributed by atoms with Crippen molar-refractivity contribution < 1.29 is 9.90 Å². The monoisotopic (exact) mass is 303 g/mol. The maximum atomic E-state index is 12.5. The third-order valence-corrected chi connectivity index (χ3v) is 4.60. The van der Waals surface area contributed by atoms with Gasteiger partial charge in [0.15, 0.2) is 5.78 Å². The summed E-state index contributed by atoms with van der Waals surface area (Å²) < 4.78 is 0. The molecule has 2 aliphatic rings. The van der Waals surface area contributed by atoms with Gasteiger partial charge in [-0.05, 0) is 37.1 Å². The van der Waals surface area contributed by atoms with Gasteiger partial charge in [-0.3, -0.25) is 14.6 Å². The number of carbonyl (C=O) groups excluding carboxylic acids is 1. The minimum atomic E-state index is 0.206. The van der Waals surface area contributed by atoms with Gasteiger partial charge in [-0.1, -0.05) is 0 Å². The maximum absolute atomic E-state index is 12.5. The standard InChI is InChI=1S/C17H25N3O2/c1-13-10-15-11-14(2-3-16(15)18-13)17(22)12-20-6-4-19(5-7-20)8-9-21/h2-3,11,13,18,21H,4-10,12H2,1H3. The lowest BCUT2D eigenvalue weighted by Crippen LogP contribution is -2.48. The second-order valence-electron chi connectivity index (χ2n) is 6.39. The summed E-state index contributed by atoms with van der Waals surface area (Å²) >= 11 is 0. The highest BCUT2D eigenvalue weighted by molar-refractivity contribution is 5.98. The van der Waals surface area contributed by atoms with Crippen LogP contribution in [0, 0.1) is 0 Å². The highest BCUT2D eigenvalue weighted by Gasteiger charge is 2.21. The van der Waals surface area contributed by atoms with Crippen molar-refractivity contribution in [3.63, 3.8) is 0 Å². The molecule has 0 spiro atoms. The average molecular weight is 303 g/mol. The summed E-state index contributed by atoms with van der Waals surface area (Å²) in [6.45, 7) is 7.25. The zero-order chi connectivity index (χ0) is 15.5. The molecular formula is C17H25N3O2. The van der Waals surface area contributed by atoms with Gasteiger partial charge in [0.05, 0.1) is 13.2 Å². The first-order valence-corrected chi connectivity index (χ1v) is 8.14. The normalized spacial score (nSPS) is 22.4. The predicted octanol–water partition coefficient (Wildman–Crippen LogP) is 0.836. The molecule has 1 aromatic carbocycles. The Labute approximate surface area is 131 Å². The van der Waals surface area contributed by atoms with Crippen LogP contribution in [0.3, 0.4) is 0 Å². The van der Waals surface area contributed by atoms with Gasteiger partial charge in [-0.2, -0.15) is 0 Å². The second kappa shape index (κ2) is 6.77. The summed E-state index contributed by atoms with van der Waals surface area (Å²) in [5, 5.41) is 12.4. The minimum absolute atomic E-state index is 0.206. The smallest absolute Gasteiger partial charge is 0.176 e. The lowest BCUT2D eigenvalue weighted by Gasteiger charge is -2.33. The fourth-order valence-corrected chi connectivity index (χ4v) is 3.33. The number of aliphatic hydroxyl groups excluding tert-OH is 1. The van der Waals surface area contributed by atoms with Crippen molar-refractivity contribution in [2.75, 3.05) is 51.2 Å². The fraction of sp³-hybridized carbons (Fsp3) is 0.588.